The summed E-state index contributed by atoms with van der Waals surface area (Å²) in [4.78, 5) is 15.1. The summed E-state index contributed by atoms with van der Waals surface area (Å²) >= 11 is 1.39. The van der Waals surface area contributed by atoms with Crippen LogP contribution in [0.25, 0.3) is 0 Å². The van der Waals surface area contributed by atoms with E-state index in [0.29, 0.717) is 5.69 Å². The molecular formula is C7H8NO2S. The predicted octanol–water partition coefficient (Wildman–Crippen LogP) is 1.13. The van der Waals surface area contributed by atoms with Crippen LogP contribution in [0.5, 0.6) is 0 Å². The molecule has 0 aromatic carbocycles. The van der Waals surface area contributed by atoms with Crippen molar-refractivity contribution in [2.24, 2.45) is 0 Å². The molecule has 0 unspecified atom stereocenters. The highest BCUT2D eigenvalue weighted by molar-refractivity contribution is 7.09. The lowest BCUT2D eigenvalue weighted by atomic mass is 10.2. The van der Waals surface area contributed by atoms with E-state index in [4.69, 9.17) is 5.11 Å². The molecular weight excluding hydrogens is 162 g/mol. The van der Waals surface area contributed by atoms with Gasteiger partial charge in [-0.2, -0.15) is 0 Å². The Morgan fingerprint density at radius 1 is 1.82 bits per heavy atom. The van der Waals surface area contributed by atoms with E-state index in [9.17, 15) is 4.79 Å². The molecule has 11 heavy (non-hydrogen) atoms. The van der Waals surface area contributed by atoms with Crippen LogP contribution in [0, 0.1) is 5.51 Å². The number of aromatic nitrogens is 1. The Hall–Kier alpha value is -0.900. The maximum atomic E-state index is 10.3. The lowest BCUT2D eigenvalue weighted by Gasteiger charge is -1.93. The molecule has 0 spiro atoms. The first-order chi connectivity index (χ1) is 5.24. The average Bonchev–Trinajstić information content (AvgIpc) is 2.34. The zero-order valence-corrected chi connectivity index (χ0v) is 6.94. The predicted molar refractivity (Wildman–Crippen MR) is 41.7 cm³/mol. The molecule has 0 amide bonds. The number of hydrogen-bond acceptors (Lipinski definition) is 3. The maximum Gasteiger partial charge on any atom is 0.309 e. The van der Waals surface area contributed by atoms with E-state index >= 15 is 0 Å². The fourth-order valence-corrected chi connectivity index (χ4v) is 1.46. The molecule has 1 N–H and O–H groups in total. The molecule has 0 bridgehead atoms. The van der Waals surface area contributed by atoms with Gasteiger partial charge in [0.25, 0.3) is 0 Å². The molecule has 0 aliphatic carbocycles. The molecule has 3 nitrogen and oxygen atoms in total. The van der Waals surface area contributed by atoms with Crippen molar-refractivity contribution < 1.29 is 9.90 Å². The summed E-state index contributed by atoms with van der Waals surface area (Å²) in [5.74, 6) is -0.834. The van der Waals surface area contributed by atoms with Crippen LogP contribution >= 0.6 is 11.3 Å². The molecule has 1 aromatic heterocycles. The van der Waals surface area contributed by atoms with E-state index in [1.165, 1.54) is 11.3 Å². The van der Waals surface area contributed by atoms with Crippen LogP contribution in [0.3, 0.4) is 0 Å². The Labute approximate surface area is 68.7 Å². The Morgan fingerprint density at radius 3 is 3.09 bits per heavy atom. The minimum absolute atomic E-state index is 0.0170. The Balaban J connectivity index is 2.76. The van der Waals surface area contributed by atoms with E-state index in [-0.39, 0.29) is 6.42 Å². The van der Waals surface area contributed by atoms with Crippen LogP contribution in [-0.2, 0) is 17.6 Å². The number of thiazole rings is 1. The fourth-order valence-electron chi connectivity index (χ4n) is 0.812. The van der Waals surface area contributed by atoms with Crippen molar-refractivity contribution in [3.05, 3.63) is 16.1 Å². The second-order valence-electron chi connectivity index (χ2n) is 2.10. The number of rotatable bonds is 3. The molecule has 1 heterocycles. The van der Waals surface area contributed by atoms with Gasteiger partial charge in [0.2, 0.25) is 0 Å². The zero-order chi connectivity index (χ0) is 8.27. The number of hydrogen-bond donors (Lipinski definition) is 1. The summed E-state index contributed by atoms with van der Waals surface area (Å²) in [6, 6.07) is 0. The van der Waals surface area contributed by atoms with Gasteiger partial charge in [0.1, 0.15) is 0 Å². The van der Waals surface area contributed by atoms with E-state index in [0.717, 1.165) is 11.3 Å². The van der Waals surface area contributed by atoms with E-state index in [1.54, 1.807) is 0 Å². The third-order valence-electron chi connectivity index (χ3n) is 1.31. The second-order valence-corrected chi connectivity index (χ2v) is 2.98. The molecule has 0 atom stereocenters. The van der Waals surface area contributed by atoms with Gasteiger partial charge in [-0.25, -0.2) is 4.98 Å². The molecule has 4 heteroatoms. The average molecular weight is 170 g/mol. The maximum absolute atomic E-state index is 10.3. The Morgan fingerprint density at radius 2 is 2.55 bits per heavy atom. The van der Waals surface area contributed by atoms with Gasteiger partial charge in [-0.1, -0.05) is 6.92 Å². The van der Waals surface area contributed by atoms with Crippen molar-refractivity contribution >= 4 is 17.3 Å². The molecule has 0 saturated carbocycles. The van der Waals surface area contributed by atoms with Gasteiger partial charge in [-0.05, 0) is 6.42 Å². The number of aryl methyl sites for hydroxylation is 1. The van der Waals surface area contributed by atoms with Gasteiger partial charge in [-0.15, -0.1) is 11.3 Å². The topological polar surface area (TPSA) is 50.2 Å². The highest BCUT2D eigenvalue weighted by Crippen LogP contribution is 2.13. The molecule has 59 valence electrons. The SMILES string of the molecule is CCc1s[c]nc1CC(=O)O. The summed E-state index contributed by atoms with van der Waals surface area (Å²) in [6.07, 6.45) is 0.854. The zero-order valence-electron chi connectivity index (χ0n) is 6.13. The van der Waals surface area contributed by atoms with Crippen LogP contribution in [0.1, 0.15) is 17.5 Å². The fraction of sp³-hybridized carbons (Fsp3) is 0.429. The van der Waals surface area contributed by atoms with Crippen molar-refractivity contribution in [2.45, 2.75) is 19.8 Å². The standard InChI is InChI=1S/C7H8NO2S/c1-2-6-5(3-7(9)10)8-4-11-6/h2-3H2,1H3,(H,9,10). The lowest BCUT2D eigenvalue weighted by Crippen LogP contribution is -2.02. The third-order valence-corrected chi connectivity index (χ3v) is 2.26. The van der Waals surface area contributed by atoms with Crippen molar-refractivity contribution in [2.75, 3.05) is 0 Å². The Bertz CT molecular complexity index is 257. The highest BCUT2D eigenvalue weighted by atomic mass is 32.1. The number of nitrogens with zero attached hydrogens (tertiary/aromatic N) is 1. The normalized spacial score (nSPS) is 9.91. The van der Waals surface area contributed by atoms with Crippen LogP contribution in [0.4, 0.5) is 0 Å². The Kier molecular flexibility index (Phi) is 2.59. The molecule has 0 aliphatic rings. The molecule has 1 radical (unpaired) electrons. The van der Waals surface area contributed by atoms with Crippen molar-refractivity contribution in [1.82, 2.24) is 4.98 Å². The largest absolute Gasteiger partial charge is 0.481 e. The van der Waals surface area contributed by atoms with E-state index < -0.39 is 5.97 Å². The van der Waals surface area contributed by atoms with Gasteiger partial charge < -0.3 is 5.11 Å². The first-order valence-corrected chi connectivity index (χ1v) is 4.12. The summed E-state index contributed by atoms with van der Waals surface area (Å²) in [5.41, 5.74) is 3.34. The summed E-state index contributed by atoms with van der Waals surface area (Å²) in [5, 5.41) is 8.46. The number of aliphatic carboxylic acids is 1. The molecule has 1 aromatic rings. The molecule has 0 saturated heterocycles. The van der Waals surface area contributed by atoms with E-state index in [2.05, 4.69) is 10.5 Å². The highest BCUT2D eigenvalue weighted by Gasteiger charge is 2.07. The van der Waals surface area contributed by atoms with Gasteiger partial charge in [0.05, 0.1) is 12.1 Å². The van der Waals surface area contributed by atoms with Gasteiger partial charge in [0.15, 0.2) is 5.51 Å². The van der Waals surface area contributed by atoms with Gasteiger partial charge >= 0.3 is 5.97 Å². The number of carbonyl (C=O) groups is 1. The third kappa shape index (κ3) is 2.01. The first kappa shape index (κ1) is 8.20. The lowest BCUT2D eigenvalue weighted by molar-refractivity contribution is -0.136. The molecule has 0 fully saturated rings. The summed E-state index contributed by atoms with van der Waals surface area (Å²) in [7, 11) is 0. The minimum Gasteiger partial charge on any atom is -0.481 e. The van der Waals surface area contributed by atoms with Crippen LogP contribution in [0.15, 0.2) is 0 Å². The number of carboxylic acids is 1. The minimum atomic E-state index is -0.834. The first-order valence-electron chi connectivity index (χ1n) is 3.30. The van der Waals surface area contributed by atoms with Crippen molar-refractivity contribution in [3.8, 4) is 0 Å². The second kappa shape index (κ2) is 3.48. The van der Waals surface area contributed by atoms with Crippen molar-refractivity contribution in [1.29, 1.82) is 0 Å². The number of carboxylic acid groups (broad SMARTS) is 1. The summed E-state index contributed by atoms with van der Waals surface area (Å²) < 4.78 is 0. The van der Waals surface area contributed by atoms with E-state index in [1.807, 2.05) is 6.92 Å². The van der Waals surface area contributed by atoms with Crippen molar-refractivity contribution in [3.63, 3.8) is 0 Å². The van der Waals surface area contributed by atoms with Crippen LogP contribution < -0.4 is 0 Å². The quantitative estimate of drug-likeness (QED) is 0.739. The van der Waals surface area contributed by atoms with Crippen LogP contribution in [0.2, 0.25) is 0 Å². The van der Waals surface area contributed by atoms with Gasteiger partial charge in [0, 0.05) is 4.88 Å². The van der Waals surface area contributed by atoms with Gasteiger partial charge in [-0.3, -0.25) is 4.79 Å². The van der Waals surface area contributed by atoms with Crippen LogP contribution in [-0.4, -0.2) is 16.1 Å². The molecule has 0 aliphatic heterocycles. The molecule has 1 rings (SSSR count). The smallest absolute Gasteiger partial charge is 0.309 e. The summed E-state index contributed by atoms with van der Waals surface area (Å²) in [6.45, 7) is 1.98. The monoisotopic (exact) mass is 170 g/mol.